The van der Waals surface area contributed by atoms with Gasteiger partial charge in [0.05, 0.1) is 36.8 Å². The lowest BCUT2D eigenvalue weighted by molar-refractivity contribution is -0.141. The number of tetrazole rings is 1. The van der Waals surface area contributed by atoms with Crippen molar-refractivity contribution in [1.82, 2.24) is 35.0 Å². The topological polar surface area (TPSA) is 116 Å². The van der Waals surface area contributed by atoms with Gasteiger partial charge in [-0.3, -0.25) is 9.69 Å². The Morgan fingerprint density at radius 2 is 2.03 bits per heavy atom. The van der Waals surface area contributed by atoms with Gasteiger partial charge in [0.2, 0.25) is 5.91 Å². The van der Waals surface area contributed by atoms with Crippen molar-refractivity contribution in [1.29, 1.82) is 0 Å². The summed E-state index contributed by atoms with van der Waals surface area (Å²) in [4.78, 5) is 34.5. The molecule has 1 aromatic carbocycles. The highest BCUT2D eigenvalue weighted by Crippen LogP contribution is 2.36. The minimum atomic E-state index is -0.244. The Balaban J connectivity index is 1.01. The smallest absolute Gasteiger partial charge is 0.338 e. The van der Waals surface area contributed by atoms with E-state index in [0.717, 1.165) is 54.6 Å². The Morgan fingerprint density at radius 3 is 2.92 bits per heavy atom. The second kappa shape index (κ2) is 9.00. The molecule has 0 N–H and O–H groups in total. The maximum atomic E-state index is 13.6. The summed E-state index contributed by atoms with van der Waals surface area (Å²) in [6.07, 6.45) is 5.67. The molecule has 0 bridgehead atoms. The zero-order valence-electron chi connectivity index (χ0n) is 20.3. The van der Waals surface area contributed by atoms with Crippen LogP contribution in [0.5, 0.6) is 0 Å². The van der Waals surface area contributed by atoms with E-state index in [2.05, 4.69) is 31.5 Å². The number of ether oxygens (including phenoxy) is 2. The first-order chi connectivity index (χ1) is 18.1. The number of amides is 1. The van der Waals surface area contributed by atoms with Gasteiger partial charge in [-0.2, -0.15) is 4.68 Å². The fourth-order valence-electron chi connectivity index (χ4n) is 6.09. The molecule has 1 amide bonds. The van der Waals surface area contributed by atoms with Crippen LogP contribution in [0.2, 0.25) is 0 Å². The number of aromatic nitrogens is 5. The number of cyclic esters (lactones) is 1. The summed E-state index contributed by atoms with van der Waals surface area (Å²) in [6.45, 7) is 3.99. The monoisotopic (exact) mass is 501 g/mol. The van der Waals surface area contributed by atoms with E-state index in [0.29, 0.717) is 37.7 Å². The predicted octanol–water partition coefficient (Wildman–Crippen LogP) is 1.08. The van der Waals surface area contributed by atoms with E-state index in [1.54, 1.807) is 0 Å². The molecule has 0 radical (unpaired) electrons. The van der Waals surface area contributed by atoms with E-state index in [1.807, 2.05) is 29.3 Å². The number of fused-ring (bicyclic) bond motifs is 3. The van der Waals surface area contributed by atoms with E-state index in [4.69, 9.17) is 9.47 Å². The summed E-state index contributed by atoms with van der Waals surface area (Å²) in [7, 11) is 0. The third-order valence-corrected chi connectivity index (χ3v) is 8.10. The van der Waals surface area contributed by atoms with E-state index in [1.165, 1.54) is 11.0 Å². The molecule has 0 spiro atoms. The number of pyridine rings is 1. The normalized spacial score (nSPS) is 25.2. The number of hydrogen-bond acceptors (Lipinski definition) is 9. The van der Waals surface area contributed by atoms with Gasteiger partial charge in [0.1, 0.15) is 6.33 Å². The highest BCUT2D eigenvalue weighted by molar-refractivity contribution is 5.92. The lowest BCUT2D eigenvalue weighted by Gasteiger charge is -2.46. The minimum absolute atomic E-state index is 0.0380. The molecule has 2 saturated heterocycles. The van der Waals surface area contributed by atoms with Gasteiger partial charge in [0, 0.05) is 38.8 Å². The first kappa shape index (κ1) is 22.5. The van der Waals surface area contributed by atoms with Crippen LogP contribution in [0.4, 0.5) is 0 Å². The summed E-state index contributed by atoms with van der Waals surface area (Å²) < 4.78 is 13.0. The average Bonchev–Trinajstić information content (AvgIpc) is 3.62. The summed E-state index contributed by atoms with van der Waals surface area (Å²) >= 11 is 0. The van der Waals surface area contributed by atoms with Gasteiger partial charge in [-0.25, -0.2) is 9.78 Å². The molecule has 11 nitrogen and oxygen atoms in total. The number of esters is 1. The first-order valence-corrected chi connectivity index (χ1v) is 12.8. The van der Waals surface area contributed by atoms with Gasteiger partial charge in [-0.05, 0) is 57.7 Å². The Morgan fingerprint density at radius 1 is 1.08 bits per heavy atom. The van der Waals surface area contributed by atoms with E-state index < -0.39 is 0 Å². The molecule has 37 heavy (non-hydrogen) atoms. The van der Waals surface area contributed by atoms with Gasteiger partial charge in [0.25, 0.3) is 0 Å². The van der Waals surface area contributed by atoms with Crippen LogP contribution in [-0.2, 0) is 27.1 Å². The number of carbonyl (C=O) groups is 2. The largest absolute Gasteiger partial charge is 0.462 e. The fourth-order valence-corrected chi connectivity index (χ4v) is 6.09. The Labute approximate surface area is 213 Å². The van der Waals surface area contributed by atoms with Crippen molar-refractivity contribution in [2.24, 2.45) is 0 Å². The molecular formula is C26H27N7O4. The van der Waals surface area contributed by atoms with Crippen molar-refractivity contribution in [3.8, 4) is 5.82 Å². The molecule has 7 rings (SSSR count). The molecule has 5 heterocycles. The van der Waals surface area contributed by atoms with Crippen LogP contribution in [0.25, 0.3) is 5.82 Å². The summed E-state index contributed by atoms with van der Waals surface area (Å²) in [5.74, 6) is 0.445. The summed E-state index contributed by atoms with van der Waals surface area (Å²) in [6, 6.07) is 8.10. The zero-order chi connectivity index (χ0) is 24.9. The fraction of sp³-hybridized carbons (Fsp3) is 0.462. The lowest BCUT2D eigenvalue weighted by Crippen LogP contribution is -2.60. The van der Waals surface area contributed by atoms with E-state index in [9.17, 15) is 9.59 Å². The van der Waals surface area contributed by atoms with Gasteiger partial charge < -0.3 is 14.4 Å². The molecule has 1 aliphatic carbocycles. The van der Waals surface area contributed by atoms with Crippen molar-refractivity contribution in [3.63, 3.8) is 0 Å². The quantitative estimate of drug-likeness (QED) is 0.486. The third-order valence-electron chi connectivity index (χ3n) is 8.10. The Kier molecular flexibility index (Phi) is 5.47. The highest BCUT2D eigenvalue weighted by Gasteiger charge is 2.39. The molecule has 3 aliphatic heterocycles. The molecule has 2 aromatic heterocycles. The molecule has 11 heteroatoms. The lowest BCUT2D eigenvalue weighted by atomic mass is 9.96. The summed E-state index contributed by atoms with van der Waals surface area (Å²) in [5.41, 5.74) is 4.94. The van der Waals surface area contributed by atoms with Crippen molar-refractivity contribution in [2.45, 2.75) is 37.3 Å². The number of morpholine rings is 1. The molecule has 0 saturated carbocycles. The molecule has 190 valence electrons. The van der Waals surface area contributed by atoms with Crippen molar-refractivity contribution in [3.05, 3.63) is 64.6 Å². The van der Waals surface area contributed by atoms with Crippen molar-refractivity contribution in [2.75, 3.05) is 39.4 Å². The molecule has 4 aliphatic rings. The number of benzene rings is 1. The number of aryl methyl sites for hydroxylation is 1. The van der Waals surface area contributed by atoms with Crippen LogP contribution < -0.4 is 0 Å². The second-order valence-electron chi connectivity index (χ2n) is 10.1. The highest BCUT2D eigenvalue weighted by atomic mass is 16.5. The number of piperazine rings is 1. The zero-order valence-corrected chi connectivity index (χ0v) is 20.3. The number of rotatable bonds is 3. The molecule has 1 unspecified atom stereocenters. The Hall–Kier alpha value is -3.70. The molecule has 3 atom stereocenters. The maximum absolute atomic E-state index is 13.6. The van der Waals surface area contributed by atoms with E-state index in [-0.39, 0.29) is 29.9 Å². The van der Waals surface area contributed by atoms with Crippen LogP contribution in [-0.4, -0.2) is 92.3 Å². The van der Waals surface area contributed by atoms with E-state index >= 15 is 0 Å². The SMILES string of the molecule is O=C1OCCc2cc([C@@H]3CN4CCN(C(=O)C5CCc6cc(-n7cnnn7)ncc65)C[C@H]4CO3)ccc21. The average molecular weight is 502 g/mol. The van der Waals surface area contributed by atoms with Crippen molar-refractivity contribution < 1.29 is 19.1 Å². The van der Waals surface area contributed by atoms with Crippen LogP contribution in [0.15, 0.2) is 36.8 Å². The van der Waals surface area contributed by atoms with Gasteiger partial charge >= 0.3 is 5.97 Å². The van der Waals surface area contributed by atoms with Gasteiger partial charge in [-0.15, -0.1) is 5.10 Å². The summed E-state index contributed by atoms with van der Waals surface area (Å²) in [5, 5.41) is 11.3. The number of carbonyl (C=O) groups excluding carboxylic acids is 2. The Bertz CT molecular complexity index is 1360. The number of nitrogens with zero attached hydrogens (tertiary/aromatic N) is 7. The maximum Gasteiger partial charge on any atom is 0.338 e. The standard InChI is InChI=1S/C26H27N7O4/c34-25(21-4-1-16-10-24(27-11-22(16)21)33-15-28-29-30-33)32-7-6-31-13-23(37-14-19(31)12-32)18-2-3-20-17(9-18)5-8-36-26(20)35/h2-3,9-11,15,19,21,23H,1,4-8,12-14H2/t19-,21?,23-/m0/s1. The molecular weight excluding hydrogens is 474 g/mol. The molecule has 2 fully saturated rings. The second-order valence-corrected chi connectivity index (χ2v) is 10.1. The van der Waals surface area contributed by atoms with Gasteiger partial charge in [-0.1, -0.05) is 12.1 Å². The predicted molar refractivity (Wildman–Crippen MR) is 129 cm³/mol. The van der Waals surface area contributed by atoms with Crippen LogP contribution in [0, 0.1) is 0 Å². The van der Waals surface area contributed by atoms with Crippen LogP contribution in [0.1, 0.15) is 51.1 Å². The minimum Gasteiger partial charge on any atom is -0.462 e. The first-order valence-electron chi connectivity index (χ1n) is 12.8. The van der Waals surface area contributed by atoms with Crippen molar-refractivity contribution >= 4 is 11.9 Å². The third kappa shape index (κ3) is 3.98. The number of hydrogen-bond donors (Lipinski definition) is 0. The van der Waals surface area contributed by atoms with Gasteiger partial charge in [0.15, 0.2) is 5.82 Å². The molecule has 3 aromatic rings. The van der Waals surface area contributed by atoms with Crippen LogP contribution in [0.3, 0.4) is 0 Å². The van der Waals surface area contributed by atoms with Crippen LogP contribution >= 0.6 is 0 Å².